The van der Waals surface area contributed by atoms with Gasteiger partial charge in [-0.1, -0.05) is 55.8 Å². The maximum absolute atomic E-state index is 11.9. The van der Waals surface area contributed by atoms with E-state index in [1.807, 2.05) is 19.2 Å². The second-order valence-corrected chi connectivity index (χ2v) is 9.56. The molecular weight excluding hydrogens is 396 g/mol. The number of hydrogen-bond donors (Lipinski definition) is 2. The molecule has 0 radical (unpaired) electrons. The van der Waals surface area contributed by atoms with E-state index in [1.54, 1.807) is 12.1 Å². The van der Waals surface area contributed by atoms with Crippen LogP contribution in [0.4, 0.5) is 0 Å². The van der Waals surface area contributed by atoms with Gasteiger partial charge in [0.15, 0.2) is 5.96 Å². The zero-order valence-corrected chi connectivity index (χ0v) is 18.8. The van der Waals surface area contributed by atoms with Gasteiger partial charge in [0.2, 0.25) is 10.0 Å². The average Bonchev–Trinajstić information content (AvgIpc) is 2.80. The Morgan fingerprint density at radius 3 is 2.43 bits per heavy atom. The molecular formula is C23H32N4O2S. The zero-order chi connectivity index (χ0) is 21.6. The topological polar surface area (TPSA) is 73.8 Å². The van der Waals surface area contributed by atoms with Crippen LogP contribution in [0.1, 0.15) is 36.8 Å². The van der Waals surface area contributed by atoms with E-state index in [0.717, 1.165) is 37.5 Å². The Morgan fingerprint density at radius 2 is 1.83 bits per heavy atom. The largest absolute Gasteiger partial charge is 0.352 e. The first-order valence-corrected chi connectivity index (χ1v) is 12.0. The molecule has 7 heteroatoms. The Balaban J connectivity index is 1.62. The van der Waals surface area contributed by atoms with Crippen LogP contribution in [0, 0.1) is 5.92 Å². The molecule has 2 atom stereocenters. The maximum Gasteiger partial charge on any atom is 0.240 e. The minimum Gasteiger partial charge on any atom is -0.352 e. The number of nitrogens with one attached hydrogen (secondary N) is 2. The van der Waals surface area contributed by atoms with E-state index in [9.17, 15) is 8.42 Å². The average molecular weight is 429 g/mol. The van der Waals surface area contributed by atoms with Gasteiger partial charge in [-0.05, 0) is 48.6 Å². The molecule has 3 rings (SSSR count). The van der Waals surface area contributed by atoms with Gasteiger partial charge in [0.25, 0.3) is 0 Å². The highest BCUT2D eigenvalue weighted by Gasteiger charge is 2.30. The molecule has 2 aromatic carbocycles. The predicted octanol–water partition coefficient (Wildman–Crippen LogP) is 3.19. The fraction of sp³-hybridized carbons (Fsp3) is 0.435. The van der Waals surface area contributed by atoms with Crippen molar-refractivity contribution >= 4 is 16.0 Å². The first kappa shape index (κ1) is 22.3. The molecule has 0 spiro atoms. The van der Waals surface area contributed by atoms with E-state index < -0.39 is 10.0 Å². The van der Waals surface area contributed by atoms with Gasteiger partial charge in [-0.15, -0.1) is 0 Å². The lowest BCUT2D eigenvalue weighted by molar-refractivity contribution is 0.215. The Hall–Kier alpha value is -2.38. The van der Waals surface area contributed by atoms with Crippen LogP contribution in [0.25, 0.3) is 0 Å². The lowest BCUT2D eigenvalue weighted by Crippen LogP contribution is -2.48. The third-order valence-electron chi connectivity index (χ3n) is 5.95. The second kappa shape index (κ2) is 10.1. The van der Waals surface area contributed by atoms with Gasteiger partial charge in [0.1, 0.15) is 0 Å². The van der Waals surface area contributed by atoms with Gasteiger partial charge < -0.3 is 10.2 Å². The minimum absolute atomic E-state index is 0.270. The number of piperidine rings is 1. The van der Waals surface area contributed by atoms with Crippen LogP contribution < -0.4 is 10.0 Å². The van der Waals surface area contributed by atoms with Crippen LogP contribution in [0.5, 0.6) is 0 Å². The smallest absolute Gasteiger partial charge is 0.240 e. The molecule has 0 aliphatic carbocycles. The van der Waals surface area contributed by atoms with E-state index in [2.05, 4.69) is 57.2 Å². The minimum atomic E-state index is -3.41. The normalized spacial score (nSPS) is 20.2. The van der Waals surface area contributed by atoms with Crippen molar-refractivity contribution in [2.24, 2.45) is 10.9 Å². The van der Waals surface area contributed by atoms with Gasteiger partial charge in [-0.2, -0.15) is 0 Å². The summed E-state index contributed by atoms with van der Waals surface area (Å²) in [6, 6.07) is 17.7. The van der Waals surface area contributed by atoms with Gasteiger partial charge in [-0.3, -0.25) is 4.99 Å². The third-order valence-corrected chi connectivity index (χ3v) is 7.38. The van der Waals surface area contributed by atoms with Crippen molar-refractivity contribution in [2.45, 2.75) is 37.1 Å². The van der Waals surface area contributed by atoms with Crippen molar-refractivity contribution < 1.29 is 8.42 Å². The third kappa shape index (κ3) is 5.21. The van der Waals surface area contributed by atoms with E-state index in [4.69, 9.17) is 0 Å². The van der Waals surface area contributed by atoms with Crippen molar-refractivity contribution in [3.8, 4) is 0 Å². The fourth-order valence-electron chi connectivity index (χ4n) is 4.19. The standard InChI is InChI=1S/C23H32N4O2S/c1-4-19-17-27(15-14-22(19)20-8-6-5-7-9-20)23(24-2)26-16-18-10-12-21(13-11-18)30(28,29)25-3/h5-13,19,22,25H,4,14-17H2,1-3H3,(H,24,26). The van der Waals surface area contributed by atoms with E-state index >= 15 is 0 Å². The lowest BCUT2D eigenvalue weighted by Gasteiger charge is -2.40. The molecule has 2 N–H and O–H groups in total. The highest BCUT2D eigenvalue weighted by Crippen LogP contribution is 2.34. The Kier molecular flexibility index (Phi) is 7.50. The zero-order valence-electron chi connectivity index (χ0n) is 18.0. The van der Waals surface area contributed by atoms with Crippen LogP contribution in [0.3, 0.4) is 0 Å². The molecule has 1 saturated heterocycles. The van der Waals surface area contributed by atoms with Crippen LogP contribution in [0.15, 0.2) is 64.5 Å². The molecule has 2 unspecified atom stereocenters. The molecule has 1 aliphatic rings. The predicted molar refractivity (Wildman–Crippen MR) is 122 cm³/mol. The summed E-state index contributed by atoms with van der Waals surface area (Å²) < 4.78 is 26.1. The molecule has 162 valence electrons. The van der Waals surface area contributed by atoms with Gasteiger partial charge in [0.05, 0.1) is 4.90 Å². The molecule has 1 fully saturated rings. The van der Waals surface area contributed by atoms with E-state index in [0.29, 0.717) is 18.4 Å². The van der Waals surface area contributed by atoms with Crippen LogP contribution in [-0.2, 0) is 16.6 Å². The Bertz CT molecular complexity index is 943. The van der Waals surface area contributed by atoms with Gasteiger partial charge in [-0.25, -0.2) is 13.1 Å². The summed E-state index contributed by atoms with van der Waals surface area (Å²) in [6.45, 7) is 4.81. The number of rotatable bonds is 6. The van der Waals surface area contributed by atoms with Crippen LogP contribution in [-0.4, -0.2) is 46.5 Å². The summed E-state index contributed by atoms with van der Waals surface area (Å²) in [6.07, 6.45) is 2.24. The Morgan fingerprint density at radius 1 is 1.13 bits per heavy atom. The summed E-state index contributed by atoms with van der Waals surface area (Å²) in [5, 5.41) is 3.44. The monoisotopic (exact) mass is 428 g/mol. The first-order chi connectivity index (χ1) is 14.5. The van der Waals surface area contributed by atoms with Gasteiger partial charge in [0, 0.05) is 26.7 Å². The first-order valence-electron chi connectivity index (χ1n) is 10.5. The SMILES string of the molecule is CCC1CN(C(=NC)NCc2ccc(S(=O)(=O)NC)cc2)CCC1c1ccccc1. The van der Waals surface area contributed by atoms with Gasteiger partial charge >= 0.3 is 0 Å². The molecule has 6 nitrogen and oxygen atoms in total. The summed E-state index contributed by atoms with van der Waals surface area (Å²) in [4.78, 5) is 7.10. The molecule has 1 heterocycles. The van der Waals surface area contributed by atoms with Crippen molar-refractivity contribution in [2.75, 3.05) is 27.2 Å². The van der Waals surface area contributed by atoms with E-state index in [-0.39, 0.29) is 4.90 Å². The number of aliphatic imine (C=N–C) groups is 1. The van der Waals surface area contributed by atoms with Crippen LogP contribution >= 0.6 is 0 Å². The van der Waals surface area contributed by atoms with Crippen molar-refractivity contribution in [1.29, 1.82) is 0 Å². The maximum atomic E-state index is 11.9. The highest BCUT2D eigenvalue weighted by molar-refractivity contribution is 7.89. The van der Waals surface area contributed by atoms with E-state index in [1.165, 1.54) is 12.6 Å². The summed E-state index contributed by atoms with van der Waals surface area (Å²) in [5.74, 6) is 2.07. The quantitative estimate of drug-likeness (QED) is 0.547. The molecule has 1 aliphatic heterocycles. The summed E-state index contributed by atoms with van der Waals surface area (Å²) in [5.41, 5.74) is 2.45. The molecule has 0 bridgehead atoms. The molecule has 0 saturated carbocycles. The molecule has 0 aromatic heterocycles. The number of nitrogens with zero attached hydrogens (tertiary/aromatic N) is 2. The number of likely N-dealkylation sites (tertiary alicyclic amines) is 1. The second-order valence-electron chi connectivity index (χ2n) is 7.67. The molecule has 2 aromatic rings. The number of hydrogen-bond acceptors (Lipinski definition) is 3. The van der Waals surface area contributed by atoms with Crippen molar-refractivity contribution in [3.05, 3.63) is 65.7 Å². The Labute approximate surface area is 180 Å². The fourth-order valence-corrected chi connectivity index (χ4v) is 4.93. The van der Waals surface area contributed by atoms with Crippen molar-refractivity contribution in [1.82, 2.24) is 14.9 Å². The number of sulfonamides is 1. The number of benzene rings is 2. The molecule has 30 heavy (non-hydrogen) atoms. The molecule has 0 amide bonds. The summed E-state index contributed by atoms with van der Waals surface area (Å²) in [7, 11) is -0.177. The summed E-state index contributed by atoms with van der Waals surface area (Å²) >= 11 is 0. The lowest BCUT2D eigenvalue weighted by atomic mass is 9.79. The number of guanidine groups is 1. The van der Waals surface area contributed by atoms with Crippen molar-refractivity contribution in [3.63, 3.8) is 0 Å². The van der Waals surface area contributed by atoms with Crippen LogP contribution in [0.2, 0.25) is 0 Å². The highest BCUT2D eigenvalue weighted by atomic mass is 32.2.